The highest BCUT2D eigenvalue weighted by molar-refractivity contribution is 5.74. The first-order chi connectivity index (χ1) is 8.62. The Morgan fingerprint density at radius 3 is 2.17 bits per heavy atom. The molecule has 0 saturated heterocycles. The number of aromatic nitrogens is 2. The SMILES string of the molecule is CC.CC.CC(=O)NC1(c2ncc(C)[nH]2)CCC1. The molecule has 104 valence electrons. The molecular weight excluding hydrogens is 226 g/mol. The molecule has 1 saturated carbocycles. The average Bonchev–Trinajstić information content (AvgIpc) is 2.76. The molecule has 4 nitrogen and oxygen atoms in total. The fourth-order valence-electron chi connectivity index (χ4n) is 1.94. The number of rotatable bonds is 2. The number of carbonyl (C=O) groups is 1. The molecular formula is C14H27N3O. The Balaban J connectivity index is 0.000000659. The molecule has 2 rings (SSSR count). The van der Waals surface area contributed by atoms with Gasteiger partial charge >= 0.3 is 0 Å². The quantitative estimate of drug-likeness (QED) is 0.849. The highest BCUT2D eigenvalue weighted by Crippen LogP contribution is 2.39. The number of aryl methyl sites for hydroxylation is 1. The number of aromatic amines is 1. The molecule has 1 fully saturated rings. The van der Waals surface area contributed by atoms with Crippen LogP contribution in [0.1, 0.15) is 65.4 Å². The first-order valence-corrected chi connectivity index (χ1v) is 6.93. The van der Waals surface area contributed by atoms with Gasteiger partial charge in [0.05, 0.1) is 5.54 Å². The van der Waals surface area contributed by atoms with Crippen LogP contribution in [-0.4, -0.2) is 15.9 Å². The van der Waals surface area contributed by atoms with Crippen molar-refractivity contribution in [3.05, 3.63) is 17.7 Å². The highest BCUT2D eigenvalue weighted by atomic mass is 16.1. The van der Waals surface area contributed by atoms with E-state index in [1.165, 1.54) is 0 Å². The Kier molecular flexibility index (Phi) is 7.32. The van der Waals surface area contributed by atoms with Gasteiger partial charge in [-0.1, -0.05) is 27.7 Å². The van der Waals surface area contributed by atoms with Crippen LogP contribution in [0, 0.1) is 6.92 Å². The molecule has 0 aromatic carbocycles. The molecule has 0 unspecified atom stereocenters. The van der Waals surface area contributed by atoms with Crippen LogP contribution in [-0.2, 0) is 10.3 Å². The summed E-state index contributed by atoms with van der Waals surface area (Å²) in [5.41, 5.74) is 0.830. The van der Waals surface area contributed by atoms with Gasteiger partial charge in [0.1, 0.15) is 5.82 Å². The predicted octanol–water partition coefficient (Wildman–Crippen LogP) is 3.29. The number of carbonyl (C=O) groups excluding carboxylic acids is 1. The number of nitrogens with one attached hydrogen (secondary N) is 2. The zero-order valence-electron chi connectivity index (χ0n) is 12.6. The minimum absolute atomic E-state index is 0.0127. The normalized spacial score (nSPS) is 15.2. The van der Waals surface area contributed by atoms with E-state index in [-0.39, 0.29) is 11.4 Å². The minimum atomic E-state index is -0.208. The summed E-state index contributed by atoms with van der Waals surface area (Å²) >= 11 is 0. The Bertz CT molecular complexity index is 354. The number of hydrogen-bond donors (Lipinski definition) is 2. The molecule has 1 amide bonds. The molecule has 1 aromatic rings. The van der Waals surface area contributed by atoms with Gasteiger partial charge in [-0.15, -0.1) is 0 Å². The molecule has 2 N–H and O–H groups in total. The molecule has 0 spiro atoms. The van der Waals surface area contributed by atoms with Gasteiger partial charge in [0.15, 0.2) is 0 Å². The molecule has 0 radical (unpaired) electrons. The van der Waals surface area contributed by atoms with Gasteiger partial charge in [-0.3, -0.25) is 4.79 Å². The average molecular weight is 253 g/mol. The number of hydrogen-bond acceptors (Lipinski definition) is 2. The second-order valence-corrected chi connectivity index (χ2v) is 4.03. The fourth-order valence-corrected chi connectivity index (χ4v) is 1.94. The van der Waals surface area contributed by atoms with Crippen LogP contribution in [0.3, 0.4) is 0 Å². The van der Waals surface area contributed by atoms with Crippen LogP contribution in [0.5, 0.6) is 0 Å². The maximum Gasteiger partial charge on any atom is 0.217 e. The van der Waals surface area contributed by atoms with Crippen molar-refractivity contribution in [1.82, 2.24) is 15.3 Å². The van der Waals surface area contributed by atoms with Crippen LogP contribution in [0.25, 0.3) is 0 Å². The van der Waals surface area contributed by atoms with Crippen molar-refractivity contribution in [3.8, 4) is 0 Å². The van der Waals surface area contributed by atoms with Gasteiger partial charge in [0, 0.05) is 18.8 Å². The van der Waals surface area contributed by atoms with E-state index >= 15 is 0 Å². The van der Waals surface area contributed by atoms with E-state index in [0.29, 0.717) is 0 Å². The molecule has 1 aromatic heterocycles. The smallest absolute Gasteiger partial charge is 0.217 e. The van der Waals surface area contributed by atoms with Gasteiger partial charge in [-0.2, -0.15) is 0 Å². The van der Waals surface area contributed by atoms with E-state index in [2.05, 4.69) is 15.3 Å². The molecule has 0 atom stereocenters. The lowest BCUT2D eigenvalue weighted by molar-refractivity contribution is -0.122. The fraction of sp³-hybridized carbons (Fsp3) is 0.714. The third kappa shape index (κ3) is 3.86. The van der Waals surface area contributed by atoms with Crippen molar-refractivity contribution >= 4 is 5.91 Å². The van der Waals surface area contributed by atoms with Gasteiger partial charge in [0.2, 0.25) is 5.91 Å². The van der Waals surface area contributed by atoms with Gasteiger partial charge < -0.3 is 10.3 Å². The lowest BCUT2D eigenvalue weighted by atomic mass is 9.76. The van der Waals surface area contributed by atoms with Gasteiger partial charge in [-0.05, 0) is 26.2 Å². The third-order valence-corrected chi connectivity index (χ3v) is 2.78. The zero-order chi connectivity index (χ0) is 14.2. The number of nitrogens with zero attached hydrogens (tertiary/aromatic N) is 1. The lowest BCUT2D eigenvalue weighted by Crippen LogP contribution is -2.50. The first-order valence-electron chi connectivity index (χ1n) is 6.93. The zero-order valence-corrected chi connectivity index (χ0v) is 12.6. The van der Waals surface area contributed by atoms with E-state index < -0.39 is 0 Å². The standard InChI is InChI=1S/C10H15N3O.2C2H6/c1-7-6-11-9(12-7)10(4-3-5-10)13-8(2)14;2*1-2/h6H,3-5H2,1-2H3,(H,11,12)(H,13,14);2*1-2H3. The topological polar surface area (TPSA) is 57.8 Å². The van der Waals surface area contributed by atoms with Crippen LogP contribution < -0.4 is 5.32 Å². The summed E-state index contributed by atoms with van der Waals surface area (Å²) in [5.74, 6) is 0.912. The largest absolute Gasteiger partial charge is 0.344 e. The van der Waals surface area contributed by atoms with E-state index in [4.69, 9.17) is 0 Å². The Labute approximate surface area is 111 Å². The number of amides is 1. The molecule has 18 heavy (non-hydrogen) atoms. The van der Waals surface area contributed by atoms with E-state index in [9.17, 15) is 4.79 Å². The van der Waals surface area contributed by atoms with Crippen molar-refractivity contribution in [3.63, 3.8) is 0 Å². The number of imidazole rings is 1. The molecule has 1 heterocycles. The maximum absolute atomic E-state index is 11.1. The Morgan fingerprint density at radius 2 is 1.89 bits per heavy atom. The molecule has 1 aliphatic carbocycles. The third-order valence-electron chi connectivity index (χ3n) is 2.78. The number of H-pyrrole nitrogens is 1. The molecule has 1 aliphatic rings. The summed E-state index contributed by atoms with van der Waals surface area (Å²) < 4.78 is 0. The summed E-state index contributed by atoms with van der Waals surface area (Å²) in [6, 6.07) is 0. The van der Waals surface area contributed by atoms with E-state index in [1.807, 2.05) is 34.6 Å². The van der Waals surface area contributed by atoms with Crippen molar-refractivity contribution < 1.29 is 4.79 Å². The highest BCUT2D eigenvalue weighted by Gasteiger charge is 2.41. The summed E-state index contributed by atoms with van der Waals surface area (Å²) in [6.45, 7) is 11.5. The van der Waals surface area contributed by atoms with Crippen molar-refractivity contribution in [2.24, 2.45) is 0 Å². The van der Waals surface area contributed by atoms with Crippen molar-refractivity contribution in [2.75, 3.05) is 0 Å². The van der Waals surface area contributed by atoms with Crippen molar-refractivity contribution in [1.29, 1.82) is 0 Å². The van der Waals surface area contributed by atoms with Crippen LogP contribution in [0.15, 0.2) is 6.20 Å². The van der Waals surface area contributed by atoms with E-state index in [1.54, 1.807) is 13.1 Å². The summed E-state index contributed by atoms with van der Waals surface area (Å²) in [6.07, 6.45) is 4.93. The summed E-state index contributed by atoms with van der Waals surface area (Å²) in [7, 11) is 0. The second-order valence-electron chi connectivity index (χ2n) is 4.03. The first kappa shape index (κ1) is 16.7. The maximum atomic E-state index is 11.1. The lowest BCUT2D eigenvalue weighted by Gasteiger charge is -2.40. The predicted molar refractivity (Wildman–Crippen MR) is 75.4 cm³/mol. The van der Waals surface area contributed by atoms with Gasteiger partial charge in [-0.25, -0.2) is 4.98 Å². The van der Waals surface area contributed by atoms with Crippen LogP contribution >= 0.6 is 0 Å². The van der Waals surface area contributed by atoms with Crippen LogP contribution in [0.4, 0.5) is 0 Å². The van der Waals surface area contributed by atoms with Crippen LogP contribution in [0.2, 0.25) is 0 Å². The Hall–Kier alpha value is -1.32. The molecule has 0 bridgehead atoms. The summed E-state index contributed by atoms with van der Waals surface area (Å²) in [5, 5.41) is 2.99. The monoisotopic (exact) mass is 253 g/mol. The summed E-state index contributed by atoms with van der Waals surface area (Å²) in [4.78, 5) is 18.6. The molecule has 4 heteroatoms. The van der Waals surface area contributed by atoms with E-state index in [0.717, 1.165) is 30.8 Å². The van der Waals surface area contributed by atoms with Gasteiger partial charge in [0.25, 0.3) is 0 Å². The Morgan fingerprint density at radius 1 is 1.33 bits per heavy atom. The minimum Gasteiger partial charge on any atom is -0.344 e. The second kappa shape index (κ2) is 7.90. The van der Waals surface area contributed by atoms with Crippen molar-refractivity contribution in [2.45, 2.75) is 66.3 Å². The molecule has 0 aliphatic heterocycles.